The highest BCUT2D eigenvalue weighted by Gasteiger charge is 2.12. The highest BCUT2D eigenvalue weighted by Crippen LogP contribution is 2.22. The quantitative estimate of drug-likeness (QED) is 0.666. The maximum absolute atomic E-state index is 11.5. The smallest absolute Gasteiger partial charge is 0.249 e. The summed E-state index contributed by atoms with van der Waals surface area (Å²) in [4.78, 5) is 25.3. The van der Waals surface area contributed by atoms with Crippen LogP contribution in [0.3, 0.4) is 0 Å². The average Bonchev–Trinajstić information content (AvgIpc) is 2.68. The summed E-state index contributed by atoms with van der Waals surface area (Å²) in [6, 6.07) is 11.8. The Bertz CT molecular complexity index is 946. The van der Waals surface area contributed by atoms with Crippen LogP contribution in [-0.4, -0.2) is 41.1 Å². The van der Waals surface area contributed by atoms with Crippen molar-refractivity contribution >= 4 is 22.7 Å². The van der Waals surface area contributed by atoms with E-state index in [1.807, 2.05) is 0 Å². The van der Waals surface area contributed by atoms with Crippen molar-refractivity contribution in [2.45, 2.75) is 13.0 Å². The van der Waals surface area contributed by atoms with Gasteiger partial charge < -0.3 is 20.5 Å². The first-order valence-electron chi connectivity index (χ1n) is 8.87. The Balaban J connectivity index is 1.48. The minimum atomic E-state index is -0.168. The lowest BCUT2D eigenvalue weighted by Gasteiger charge is -2.29. The predicted molar refractivity (Wildman–Crippen MR) is 104 cm³/mol. The van der Waals surface area contributed by atoms with E-state index in [0.717, 1.165) is 37.1 Å². The molecule has 0 radical (unpaired) electrons. The Morgan fingerprint density at radius 1 is 1.12 bits per heavy atom. The van der Waals surface area contributed by atoms with Gasteiger partial charge in [0.05, 0.1) is 6.04 Å². The monoisotopic (exact) mass is 350 g/mol. The number of rotatable bonds is 4. The number of nitrogens with one attached hydrogen (secondary N) is 3. The molecule has 0 aliphatic carbocycles. The summed E-state index contributed by atoms with van der Waals surface area (Å²) < 4.78 is 0. The maximum Gasteiger partial charge on any atom is 0.249 e. The third-order valence-electron chi connectivity index (χ3n) is 4.69. The molecule has 1 aliphatic heterocycles. The van der Waals surface area contributed by atoms with Gasteiger partial charge in [0.15, 0.2) is 0 Å². The maximum atomic E-state index is 11.5. The second-order valence-corrected chi connectivity index (χ2v) is 6.51. The topological polar surface area (TPSA) is 85.9 Å². The number of aromatic nitrogens is 3. The molecule has 7 nitrogen and oxygen atoms in total. The molecule has 3 heterocycles. The first kappa shape index (κ1) is 16.5. The van der Waals surface area contributed by atoms with Gasteiger partial charge in [-0.05, 0) is 30.7 Å². The Morgan fingerprint density at radius 3 is 2.65 bits per heavy atom. The first-order valence-corrected chi connectivity index (χ1v) is 8.87. The van der Waals surface area contributed by atoms with Gasteiger partial charge in [0.2, 0.25) is 11.5 Å². The number of aromatic amines is 1. The minimum Gasteiger partial charge on any atom is -0.369 e. The number of fused-ring (bicyclic) bond motifs is 1. The fraction of sp³-hybridized carbons (Fsp3) is 0.316. The molecule has 3 aromatic rings. The van der Waals surface area contributed by atoms with E-state index in [2.05, 4.69) is 61.7 Å². The van der Waals surface area contributed by atoms with Crippen molar-refractivity contribution in [2.75, 3.05) is 36.4 Å². The van der Waals surface area contributed by atoms with E-state index in [1.54, 1.807) is 12.3 Å². The van der Waals surface area contributed by atoms with E-state index in [-0.39, 0.29) is 11.6 Å². The van der Waals surface area contributed by atoms with Crippen LogP contribution in [0.5, 0.6) is 0 Å². The van der Waals surface area contributed by atoms with Crippen LogP contribution < -0.4 is 21.1 Å². The number of anilines is 2. The minimum absolute atomic E-state index is 0.0555. The van der Waals surface area contributed by atoms with Gasteiger partial charge in [0.1, 0.15) is 5.65 Å². The zero-order valence-corrected chi connectivity index (χ0v) is 14.7. The van der Waals surface area contributed by atoms with E-state index >= 15 is 0 Å². The Morgan fingerprint density at radius 2 is 1.88 bits per heavy atom. The normalized spacial score (nSPS) is 15.8. The summed E-state index contributed by atoms with van der Waals surface area (Å²) >= 11 is 0. The molecule has 1 aliphatic rings. The summed E-state index contributed by atoms with van der Waals surface area (Å²) in [6.45, 7) is 6.20. The van der Waals surface area contributed by atoms with Gasteiger partial charge in [0.25, 0.3) is 0 Å². The fourth-order valence-corrected chi connectivity index (χ4v) is 3.18. The molecule has 0 unspecified atom stereocenters. The number of hydrogen-bond acceptors (Lipinski definition) is 6. The summed E-state index contributed by atoms with van der Waals surface area (Å²) in [6.07, 6.45) is 1.71. The molecule has 1 fully saturated rings. The summed E-state index contributed by atoms with van der Waals surface area (Å²) in [5.74, 6) is 0.498. The number of H-pyrrole nitrogens is 1. The van der Waals surface area contributed by atoms with Crippen LogP contribution in [0.2, 0.25) is 0 Å². The fourth-order valence-electron chi connectivity index (χ4n) is 3.18. The van der Waals surface area contributed by atoms with Gasteiger partial charge in [0, 0.05) is 49.5 Å². The van der Waals surface area contributed by atoms with Gasteiger partial charge in [-0.25, -0.2) is 4.98 Å². The van der Waals surface area contributed by atoms with Gasteiger partial charge >= 0.3 is 0 Å². The lowest BCUT2D eigenvalue weighted by atomic mass is 10.1. The third-order valence-corrected chi connectivity index (χ3v) is 4.69. The van der Waals surface area contributed by atoms with Crippen LogP contribution in [0.4, 0.5) is 11.6 Å². The van der Waals surface area contributed by atoms with E-state index in [4.69, 9.17) is 0 Å². The molecule has 0 bridgehead atoms. The molecular weight excluding hydrogens is 328 g/mol. The van der Waals surface area contributed by atoms with Gasteiger partial charge in [-0.15, -0.1) is 0 Å². The van der Waals surface area contributed by atoms with Crippen molar-refractivity contribution in [1.29, 1.82) is 0 Å². The van der Waals surface area contributed by atoms with E-state index in [0.29, 0.717) is 11.6 Å². The molecule has 1 saturated heterocycles. The van der Waals surface area contributed by atoms with Crippen LogP contribution in [0, 0.1) is 0 Å². The molecule has 26 heavy (non-hydrogen) atoms. The largest absolute Gasteiger partial charge is 0.369 e. The van der Waals surface area contributed by atoms with Crippen molar-refractivity contribution in [3.63, 3.8) is 0 Å². The molecule has 2 aromatic heterocycles. The van der Waals surface area contributed by atoms with Gasteiger partial charge in [-0.1, -0.05) is 12.1 Å². The molecule has 0 spiro atoms. The first-order chi connectivity index (χ1) is 12.7. The van der Waals surface area contributed by atoms with Crippen molar-refractivity contribution in [3.05, 3.63) is 58.5 Å². The molecule has 0 amide bonds. The second-order valence-electron chi connectivity index (χ2n) is 6.51. The Hall–Kier alpha value is -2.93. The van der Waals surface area contributed by atoms with Crippen LogP contribution in [0.15, 0.2) is 47.4 Å². The molecule has 7 heteroatoms. The molecule has 0 saturated carbocycles. The molecule has 1 atom stereocenters. The van der Waals surface area contributed by atoms with Crippen LogP contribution in [-0.2, 0) is 0 Å². The number of hydrogen-bond donors (Lipinski definition) is 3. The van der Waals surface area contributed by atoms with Crippen LogP contribution >= 0.6 is 0 Å². The average molecular weight is 350 g/mol. The van der Waals surface area contributed by atoms with E-state index in [1.165, 1.54) is 11.8 Å². The highest BCUT2D eigenvalue weighted by atomic mass is 16.1. The van der Waals surface area contributed by atoms with E-state index in [9.17, 15) is 4.79 Å². The number of benzene rings is 1. The Kier molecular flexibility index (Phi) is 4.53. The summed E-state index contributed by atoms with van der Waals surface area (Å²) in [5.41, 5.74) is 2.78. The molecule has 3 N–H and O–H groups in total. The lowest BCUT2D eigenvalue weighted by Crippen LogP contribution is -2.43. The van der Waals surface area contributed by atoms with Crippen molar-refractivity contribution in [3.8, 4) is 0 Å². The zero-order chi connectivity index (χ0) is 17.9. The van der Waals surface area contributed by atoms with Crippen molar-refractivity contribution in [2.24, 2.45) is 0 Å². The highest BCUT2D eigenvalue weighted by molar-refractivity contribution is 5.74. The van der Waals surface area contributed by atoms with Crippen LogP contribution in [0.25, 0.3) is 11.0 Å². The SMILES string of the molecule is C[C@H](Nc1ncc2ccc(=O)[nH]c2n1)c1ccc(N2CCNCC2)cc1. The van der Waals surface area contributed by atoms with Crippen molar-refractivity contribution < 1.29 is 0 Å². The number of nitrogens with zero attached hydrogens (tertiary/aromatic N) is 3. The lowest BCUT2D eigenvalue weighted by molar-refractivity contribution is 0.589. The summed E-state index contributed by atoms with van der Waals surface area (Å²) in [7, 11) is 0. The van der Waals surface area contributed by atoms with E-state index < -0.39 is 0 Å². The molecule has 4 rings (SSSR count). The third kappa shape index (κ3) is 3.52. The van der Waals surface area contributed by atoms with Crippen LogP contribution in [0.1, 0.15) is 18.5 Å². The Labute approximate surface area is 151 Å². The van der Waals surface area contributed by atoms with Crippen molar-refractivity contribution in [1.82, 2.24) is 20.3 Å². The summed E-state index contributed by atoms with van der Waals surface area (Å²) in [5, 5.41) is 7.48. The molecular formula is C19H22N6O. The molecule has 134 valence electrons. The van der Waals surface area contributed by atoms with Gasteiger partial charge in [-0.2, -0.15) is 4.98 Å². The zero-order valence-electron chi connectivity index (χ0n) is 14.7. The molecule has 1 aromatic carbocycles. The standard InChI is InChI=1S/C19H22N6O/c1-13(14-2-5-16(6-3-14)25-10-8-20-9-11-25)22-19-21-12-15-4-7-17(26)23-18(15)24-19/h2-7,12-13,20H,8-11H2,1H3,(H2,21,22,23,24,26)/t13-/m0/s1. The number of piperazine rings is 1. The number of pyridine rings is 1. The predicted octanol–water partition coefficient (Wildman–Crippen LogP) is 1.90. The second kappa shape index (κ2) is 7.13. The van der Waals surface area contributed by atoms with Gasteiger partial charge in [-0.3, -0.25) is 4.79 Å².